The molecule has 1 fully saturated rings. The molecule has 0 amide bonds. The van der Waals surface area contributed by atoms with E-state index in [0.29, 0.717) is 19.0 Å². The highest BCUT2D eigenvalue weighted by molar-refractivity contribution is 7.89. The van der Waals surface area contributed by atoms with E-state index in [0.717, 1.165) is 25.0 Å². The molecule has 2 rings (SSSR count). The SMILES string of the molecule is CC1CCN(S(=O)(=O)c2cccc(S(=O)(=O)F)c2)CC1. The van der Waals surface area contributed by atoms with E-state index in [4.69, 9.17) is 0 Å². The molecule has 8 heteroatoms. The molecule has 0 unspecified atom stereocenters. The van der Waals surface area contributed by atoms with Crippen molar-refractivity contribution in [3.05, 3.63) is 24.3 Å². The van der Waals surface area contributed by atoms with Crippen molar-refractivity contribution in [2.75, 3.05) is 13.1 Å². The van der Waals surface area contributed by atoms with E-state index in [1.807, 2.05) is 0 Å². The fourth-order valence-electron chi connectivity index (χ4n) is 2.16. The lowest BCUT2D eigenvalue weighted by molar-refractivity contribution is 0.288. The second kappa shape index (κ2) is 5.42. The van der Waals surface area contributed by atoms with Gasteiger partial charge in [0.1, 0.15) is 0 Å². The normalized spacial score (nSPS) is 19.1. The molecule has 0 aromatic heterocycles. The summed E-state index contributed by atoms with van der Waals surface area (Å²) in [5.41, 5.74) is 0. The van der Waals surface area contributed by atoms with Crippen LogP contribution in [0.4, 0.5) is 3.89 Å². The Morgan fingerprint density at radius 3 is 2.20 bits per heavy atom. The molecule has 1 aliphatic rings. The number of hydrogen-bond acceptors (Lipinski definition) is 4. The maximum atomic E-state index is 12.9. The van der Waals surface area contributed by atoms with E-state index in [9.17, 15) is 20.7 Å². The largest absolute Gasteiger partial charge is 0.332 e. The van der Waals surface area contributed by atoms with Crippen LogP contribution in [0.3, 0.4) is 0 Å². The minimum atomic E-state index is -4.91. The predicted octanol–water partition coefficient (Wildman–Crippen LogP) is 1.77. The van der Waals surface area contributed by atoms with Gasteiger partial charge in [-0.3, -0.25) is 0 Å². The van der Waals surface area contributed by atoms with E-state index >= 15 is 0 Å². The molecular weight excluding hydrogens is 305 g/mol. The summed E-state index contributed by atoms with van der Waals surface area (Å²) in [5.74, 6) is 0.471. The molecule has 0 saturated carbocycles. The first-order valence-electron chi connectivity index (χ1n) is 6.26. The summed E-state index contributed by atoms with van der Waals surface area (Å²) in [6.07, 6.45) is 1.53. The standard InChI is InChI=1S/C12H16FNO4S2/c1-10-5-7-14(8-6-10)20(17,18)12-4-2-3-11(9-12)19(13,15)16/h2-4,9-10H,5-8H2,1H3. The average Bonchev–Trinajstić information content (AvgIpc) is 2.38. The summed E-state index contributed by atoms with van der Waals surface area (Å²) in [4.78, 5) is -0.824. The van der Waals surface area contributed by atoms with E-state index < -0.39 is 25.1 Å². The number of sulfonamides is 1. The van der Waals surface area contributed by atoms with Gasteiger partial charge in [0.05, 0.1) is 9.79 Å². The van der Waals surface area contributed by atoms with Crippen molar-refractivity contribution in [3.63, 3.8) is 0 Å². The first-order chi connectivity index (χ1) is 9.21. The average molecular weight is 321 g/mol. The van der Waals surface area contributed by atoms with Crippen LogP contribution in [0.2, 0.25) is 0 Å². The molecule has 1 heterocycles. The Kier molecular flexibility index (Phi) is 4.17. The molecule has 112 valence electrons. The predicted molar refractivity (Wildman–Crippen MR) is 71.9 cm³/mol. The monoisotopic (exact) mass is 321 g/mol. The third-order valence-corrected chi connectivity index (χ3v) is 6.18. The van der Waals surface area contributed by atoms with Crippen LogP contribution in [0.15, 0.2) is 34.1 Å². The van der Waals surface area contributed by atoms with E-state index in [1.165, 1.54) is 16.4 Å². The number of rotatable bonds is 3. The van der Waals surface area contributed by atoms with Gasteiger partial charge >= 0.3 is 10.2 Å². The molecule has 5 nitrogen and oxygen atoms in total. The van der Waals surface area contributed by atoms with Gasteiger partial charge in [-0.25, -0.2) is 8.42 Å². The molecule has 0 spiro atoms. The molecule has 1 aromatic rings. The van der Waals surface area contributed by atoms with Gasteiger partial charge in [-0.15, -0.1) is 3.89 Å². The first kappa shape index (κ1) is 15.4. The molecule has 0 radical (unpaired) electrons. The molecule has 0 atom stereocenters. The van der Waals surface area contributed by atoms with Gasteiger partial charge in [0.25, 0.3) is 0 Å². The van der Waals surface area contributed by atoms with Crippen molar-refractivity contribution >= 4 is 20.2 Å². The maximum absolute atomic E-state index is 12.9. The fraction of sp³-hybridized carbons (Fsp3) is 0.500. The Balaban J connectivity index is 2.35. The Labute approximate surface area is 118 Å². The van der Waals surface area contributed by atoms with Crippen LogP contribution in [0, 0.1) is 5.92 Å². The lowest BCUT2D eigenvalue weighted by Gasteiger charge is -2.29. The fourth-order valence-corrected chi connectivity index (χ4v) is 4.26. The van der Waals surface area contributed by atoms with Gasteiger partial charge in [-0.1, -0.05) is 13.0 Å². The van der Waals surface area contributed by atoms with Crippen molar-refractivity contribution in [1.82, 2.24) is 4.31 Å². The number of nitrogens with zero attached hydrogens (tertiary/aromatic N) is 1. The quantitative estimate of drug-likeness (QED) is 0.795. The molecule has 0 bridgehead atoms. The van der Waals surface area contributed by atoms with Gasteiger partial charge in [0, 0.05) is 13.1 Å². The molecule has 20 heavy (non-hydrogen) atoms. The molecule has 1 aliphatic heterocycles. The number of halogens is 1. The van der Waals surface area contributed by atoms with Crippen molar-refractivity contribution < 1.29 is 20.7 Å². The topological polar surface area (TPSA) is 71.5 Å². The summed E-state index contributed by atoms with van der Waals surface area (Å²) < 4.78 is 60.7. The smallest absolute Gasteiger partial charge is 0.207 e. The van der Waals surface area contributed by atoms with Crippen LogP contribution in [-0.4, -0.2) is 34.2 Å². The van der Waals surface area contributed by atoms with Gasteiger partial charge in [-0.05, 0) is 37.0 Å². The highest BCUT2D eigenvalue weighted by Gasteiger charge is 2.28. The maximum Gasteiger partial charge on any atom is 0.332 e. The van der Waals surface area contributed by atoms with Crippen molar-refractivity contribution in [2.24, 2.45) is 5.92 Å². The second-order valence-corrected chi connectivity index (χ2v) is 8.28. The first-order valence-corrected chi connectivity index (χ1v) is 9.08. The van der Waals surface area contributed by atoms with Gasteiger partial charge < -0.3 is 0 Å². The Morgan fingerprint density at radius 2 is 1.65 bits per heavy atom. The van der Waals surface area contributed by atoms with Gasteiger partial charge in [0.2, 0.25) is 10.0 Å². The van der Waals surface area contributed by atoms with Gasteiger partial charge in [0.15, 0.2) is 0 Å². The second-order valence-electron chi connectivity index (χ2n) is 5.00. The third-order valence-electron chi connectivity index (χ3n) is 3.47. The highest BCUT2D eigenvalue weighted by Crippen LogP contribution is 2.25. The van der Waals surface area contributed by atoms with Crippen molar-refractivity contribution in [3.8, 4) is 0 Å². The summed E-state index contributed by atoms with van der Waals surface area (Å²) in [6, 6.07) is 4.41. The number of hydrogen-bond donors (Lipinski definition) is 0. The zero-order valence-electron chi connectivity index (χ0n) is 11.0. The lowest BCUT2D eigenvalue weighted by atomic mass is 10.0. The van der Waals surface area contributed by atoms with Crippen LogP contribution in [0.1, 0.15) is 19.8 Å². The summed E-state index contributed by atoms with van der Waals surface area (Å²) in [6.45, 7) is 2.85. The Bertz CT molecular complexity index is 692. The number of piperidine rings is 1. The third kappa shape index (κ3) is 3.18. The lowest BCUT2D eigenvalue weighted by Crippen LogP contribution is -2.37. The van der Waals surface area contributed by atoms with Crippen molar-refractivity contribution in [1.29, 1.82) is 0 Å². The van der Waals surface area contributed by atoms with Crippen LogP contribution < -0.4 is 0 Å². The summed E-state index contributed by atoms with van der Waals surface area (Å²) in [5, 5.41) is 0. The molecular formula is C12H16FNO4S2. The van der Waals surface area contributed by atoms with Crippen LogP contribution in [0.5, 0.6) is 0 Å². The zero-order chi connectivity index (χ0) is 15.0. The summed E-state index contributed by atoms with van der Waals surface area (Å²) in [7, 11) is -8.67. The Morgan fingerprint density at radius 1 is 1.10 bits per heavy atom. The van der Waals surface area contributed by atoms with E-state index in [-0.39, 0.29) is 4.90 Å². The minimum Gasteiger partial charge on any atom is -0.207 e. The molecule has 0 N–H and O–H groups in total. The van der Waals surface area contributed by atoms with E-state index in [2.05, 4.69) is 6.92 Å². The summed E-state index contributed by atoms with van der Waals surface area (Å²) >= 11 is 0. The van der Waals surface area contributed by atoms with Gasteiger partial charge in [-0.2, -0.15) is 12.7 Å². The van der Waals surface area contributed by atoms with Crippen LogP contribution in [0.25, 0.3) is 0 Å². The minimum absolute atomic E-state index is 0.189. The Hall–Kier alpha value is -0.990. The van der Waals surface area contributed by atoms with Crippen molar-refractivity contribution in [2.45, 2.75) is 29.6 Å². The number of benzene rings is 1. The molecule has 1 aromatic carbocycles. The molecule has 0 aliphatic carbocycles. The highest BCUT2D eigenvalue weighted by atomic mass is 32.3. The van der Waals surface area contributed by atoms with E-state index in [1.54, 1.807) is 0 Å². The van der Waals surface area contributed by atoms with Crippen LogP contribution >= 0.6 is 0 Å². The molecule has 1 saturated heterocycles. The zero-order valence-corrected chi connectivity index (χ0v) is 12.6. The van der Waals surface area contributed by atoms with Crippen LogP contribution in [-0.2, 0) is 20.2 Å².